The largest absolute Gasteiger partial charge is 0.366 e. The van der Waals surface area contributed by atoms with E-state index < -0.39 is 0 Å². The molecule has 1 saturated heterocycles. The molecule has 1 aromatic heterocycles. The molecular weight excluding hydrogens is 324 g/mol. The number of amides is 1. The van der Waals surface area contributed by atoms with E-state index in [9.17, 15) is 4.79 Å². The van der Waals surface area contributed by atoms with E-state index in [-0.39, 0.29) is 17.3 Å². The molecule has 1 aromatic carbocycles. The lowest BCUT2D eigenvalue weighted by molar-refractivity contribution is -0.138. The molecule has 4 rings (SSSR count). The second-order valence-electron chi connectivity index (χ2n) is 6.12. The maximum absolute atomic E-state index is 13.1. The fourth-order valence-corrected chi connectivity index (χ4v) is 4.55. The molecule has 6 nitrogen and oxygen atoms in total. The van der Waals surface area contributed by atoms with Gasteiger partial charge in [-0.15, -0.1) is 11.8 Å². The SMILES string of the molecule is Cc1nc([C@@H]2CN(C(=O)[C@@H]3SCCc4ccccc43)CCO2)n[nH]1. The van der Waals surface area contributed by atoms with Gasteiger partial charge in [0.15, 0.2) is 5.82 Å². The first-order valence-corrected chi connectivity index (χ1v) is 9.26. The highest BCUT2D eigenvalue weighted by atomic mass is 32.2. The Bertz CT molecular complexity index is 748. The number of nitrogens with one attached hydrogen (secondary N) is 1. The van der Waals surface area contributed by atoms with E-state index in [0.29, 0.717) is 25.5 Å². The highest BCUT2D eigenvalue weighted by molar-refractivity contribution is 8.00. The third-order valence-corrected chi connectivity index (χ3v) is 5.73. The first-order valence-electron chi connectivity index (χ1n) is 8.21. The van der Waals surface area contributed by atoms with Crippen molar-refractivity contribution in [2.45, 2.75) is 24.7 Å². The van der Waals surface area contributed by atoms with E-state index in [1.165, 1.54) is 5.56 Å². The molecule has 1 amide bonds. The number of benzene rings is 1. The molecule has 0 aliphatic carbocycles. The van der Waals surface area contributed by atoms with Gasteiger partial charge in [-0.25, -0.2) is 4.98 Å². The minimum absolute atomic E-state index is 0.109. The predicted octanol–water partition coefficient (Wildman–Crippen LogP) is 2.04. The van der Waals surface area contributed by atoms with Crippen LogP contribution in [0.15, 0.2) is 24.3 Å². The molecule has 24 heavy (non-hydrogen) atoms. The number of morpholine rings is 1. The van der Waals surface area contributed by atoms with Crippen molar-refractivity contribution in [3.05, 3.63) is 47.0 Å². The van der Waals surface area contributed by atoms with Crippen molar-refractivity contribution in [1.29, 1.82) is 0 Å². The van der Waals surface area contributed by atoms with Crippen molar-refractivity contribution in [2.24, 2.45) is 0 Å². The summed E-state index contributed by atoms with van der Waals surface area (Å²) in [7, 11) is 0. The Labute approximate surface area is 145 Å². The van der Waals surface area contributed by atoms with Crippen LogP contribution in [-0.4, -0.2) is 51.4 Å². The van der Waals surface area contributed by atoms with E-state index in [2.05, 4.69) is 27.3 Å². The molecule has 1 N–H and O–H groups in total. The second-order valence-corrected chi connectivity index (χ2v) is 7.34. The van der Waals surface area contributed by atoms with Crippen LogP contribution in [0.4, 0.5) is 0 Å². The molecule has 3 heterocycles. The zero-order chi connectivity index (χ0) is 16.5. The van der Waals surface area contributed by atoms with Crippen molar-refractivity contribution in [3.63, 3.8) is 0 Å². The number of carbonyl (C=O) groups excluding carboxylic acids is 1. The summed E-state index contributed by atoms with van der Waals surface area (Å²) in [6.45, 7) is 3.51. The molecule has 2 aliphatic rings. The topological polar surface area (TPSA) is 71.1 Å². The number of hydrogen-bond donors (Lipinski definition) is 1. The average Bonchev–Trinajstić information content (AvgIpc) is 3.07. The van der Waals surface area contributed by atoms with Gasteiger partial charge in [0.25, 0.3) is 0 Å². The fraction of sp³-hybridized carbons (Fsp3) is 0.471. The monoisotopic (exact) mass is 344 g/mol. The Morgan fingerprint density at radius 1 is 1.42 bits per heavy atom. The first-order chi connectivity index (χ1) is 11.7. The first kappa shape index (κ1) is 15.7. The van der Waals surface area contributed by atoms with Crippen LogP contribution in [0.3, 0.4) is 0 Å². The number of thioether (sulfide) groups is 1. The van der Waals surface area contributed by atoms with Gasteiger partial charge in [-0.05, 0) is 30.2 Å². The van der Waals surface area contributed by atoms with Crippen molar-refractivity contribution in [3.8, 4) is 0 Å². The van der Waals surface area contributed by atoms with E-state index in [1.807, 2.05) is 24.0 Å². The summed E-state index contributed by atoms with van der Waals surface area (Å²) < 4.78 is 5.77. The molecule has 0 radical (unpaired) electrons. The third kappa shape index (κ3) is 2.93. The van der Waals surface area contributed by atoms with Crippen LogP contribution in [0.1, 0.15) is 34.1 Å². The molecule has 1 fully saturated rings. The number of carbonyl (C=O) groups is 1. The zero-order valence-corrected chi connectivity index (χ0v) is 14.4. The van der Waals surface area contributed by atoms with E-state index in [4.69, 9.17) is 4.74 Å². The Morgan fingerprint density at radius 2 is 2.29 bits per heavy atom. The van der Waals surface area contributed by atoms with Gasteiger partial charge in [0, 0.05) is 6.54 Å². The molecule has 7 heteroatoms. The highest BCUT2D eigenvalue weighted by Gasteiger charge is 2.34. The number of aromatic nitrogens is 3. The van der Waals surface area contributed by atoms with Crippen LogP contribution in [0, 0.1) is 6.92 Å². The summed E-state index contributed by atoms with van der Waals surface area (Å²) >= 11 is 1.74. The van der Waals surface area contributed by atoms with Gasteiger partial charge in [0.1, 0.15) is 17.2 Å². The summed E-state index contributed by atoms with van der Waals surface area (Å²) in [5.41, 5.74) is 2.46. The van der Waals surface area contributed by atoms with Gasteiger partial charge in [-0.2, -0.15) is 5.10 Å². The second kappa shape index (κ2) is 6.57. The normalized spacial score (nSPS) is 23.8. The van der Waals surface area contributed by atoms with Gasteiger partial charge >= 0.3 is 0 Å². The average molecular weight is 344 g/mol. The van der Waals surface area contributed by atoms with Crippen LogP contribution in [0.5, 0.6) is 0 Å². The van der Waals surface area contributed by atoms with Gasteiger partial charge in [0.2, 0.25) is 5.91 Å². The van der Waals surface area contributed by atoms with Crippen LogP contribution in [0.2, 0.25) is 0 Å². The molecule has 0 bridgehead atoms. The lowest BCUT2D eigenvalue weighted by Crippen LogP contribution is -2.44. The highest BCUT2D eigenvalue weighted by Crippen LogP contribution is 2.38. The fourth-order valence-electron chi connectivity index (χ4n) is 3.27. The molecule has 0 unspecified atom stereocenters. The summed E-state index contributed by atoms with van der Waals surface area (Å²) in [6.07, 6.45) is 0.781. The Kier molecular flexibility index (Phi) is 4.28. The summed E-state index contributed by atoms with van der Waals surface area (Å²) in [4.78, 5) is 19.3. The number of aromatic amines is 1. The maximum Gasteiger partial charge on any atom is 0.240 e. The van der Waals surface area contributed by atoms with Gasteiger partial charge in [-0.1, -0.05) is 24.3 Å². The molecule has 2 aliphatic heterocycles. The Balaban J connectivity index is 1.52. The number of ether oxygens (including phenoxy) is 1. The number of aryl methyl sites for hydroxylation is 2. The van der Waals surface area contributed by atoms with Gasteiger partial charge in [-0.3, -0.25) is 9.89 Å². The van der Waals surface area contributed by atoms with Crippen molar-refractivity contribution >= 4 is 17.7 Å². The smallest absolute Gasteiger partial charge is 0.240 e. The van der Waals surface area contributed by atoms with Crippen molar-refractivity contribution in [2.75, 3.05) is 25.4 Å². The van der Waals surface area contributed by atoms with Crippen LogP contribution >= 0.6 is 11.8 Å². The van der Waals surface area contributed by atoms with Gasteiger partial charge < -0.3 is 9.64 Å². The van der Waals surface area contributed by atoms with Crippen LogP contribution in [-0.2, 0) is 16.0 Å². The van der Waals surface area contributed by atoms with E-state index in [0.717, 1.165) is 23.6 Å². The number of rotatable bonds is 2. The van der Waals surface area contributed by atoms with Crippen LogP contribution < -0.4 is 0 Å². The summed E-state index contributed by atoms with van der Waals surface area (Å²) in [5.74, 6) is 2.55. The molecule has 2 aromatic rings. The minimum atomic E-state index is -0.253. The molecule has 126 valence electrons. The lowest BCUT2D eigenvalue weighted by Gasteiger charge is -2.35. The quantitative estimate of drug-likeness (QED) is 0.903. The number of nitrogens with zero attached hydrogens (tertiary/aromatic N) is 3. The Hall–Kier alpha value is -1.86. The summed E-state index contributed by atoms with van der Waals surface area (Å²) in [6, 6.07) is 8.28. The number of H-pyrrole nitrogens is 1. The van der Waals surface area contributed by atoms with Crippen molar-refractivity contribution in [1.82, 2.24) is 20.1 Å². The lowest BCUT2D eigenvalue weighted by atomic mass is 10.0. The Morgan fingerprint density at radius 3 is 3.12 bits per heavy atom. The molecule has 2 atom stereocenters. The molecular formula is C17H20N4O2S. The number of hydrogen-bond acceptors (Lipinski definition) is 5. The zero-order valence-electron chi connectivity index (χ0n) is 13.6. The number of fused-ring (bicyclic) bond motifs is 1. The molecule has 0 spiro atoms. The van der Waals surface area contributed by atoms with Crippen molar-refractivity contribution < 1.29 is 9.53 Å². The predicted molar refractivity (Wildman–Crippen MR) is 91.7 cm³/mol. The third-order valence-electron chi connectivity index (χ3n) is 4.50. The minimum Gasteiger partial charge on any atom is -0.366 e. The van der Waals surface area contributed by atoms with Crippen LogP contribution in [0.25, 0.3) is 0 Å². The molecule has 0 saturated carbocycles. The van der Waals surface area contributed by atoms with E-state index in [1.54, 1.807) is 11.8 Å². The maximum atomic E-state index is 13.1. The standard InChI is InChI=1S/C17H20N4O2S/c1-11-18-16(20-19-11)14-10-21(7-8-23-14)17(22)15-13-5-3-2-4-12(13)6-9-24-15/h2-5,14-15H,6-10H2,1H3,(H,18,19,20)/t14-,15+/m0/s1. The van der Waals surface area contributed by atoms with E-state index >= 15 is 0 Å². The summed E-state index contributed by atoms with van der Waals surface area (Å²) in [5, 5.41) is 6.91. The van der Waals surface area contributed by atoms with Gasteiger partial charge in [0.05, 0.1) is 13.2 Å².